The van der Waals surface area contributed by atoms with Gasteiger partial charge in [0.1, 0.15) is 5.75 Å². The Morgan fingerprint density at radius 1 is 1.33 bits per heavy atom. The lowest BCUT2D eigenvalue weighted by Crippen LogP contribution is -2.03. The summed E-state index contributed by atoms with van der Waals surface area (Å²) in [6.45, 7) is 3.47. The molecule has 0 bridgehead atoms. The van der Waals surface area contributed by atoms with E-state index in [9.17, 15) is 0 Å². The van der Waals surface area contributed by atoms with Crippen LogP contribution in [-0.2, 0) is 13.0 Å². The summed E-state index contributed by atoms with van der Waals surface area (Å²) in [5.74, 6) is 0.925. The molecule has 0 saturated carbocycles. The maximum Gasteiger partial charge on any atom is 0.119 e. The molecular formula is C12H18BrNO. The fourth-order valence-corrected chi connectivity index (χ4v) is 1.70. The smallest absolute Gasteiger partial charge is 0.119 e. The van der Waals surface area contributed by atoms with Crippen LogP contribution in [0, 0.1) is 0 Å². The topological polar surface area (TPSA) is 35.2 Å². The minimum atomic E-state index is 0.582. The SMILES string of the molecule is CCc1ccc(OCCCBr)cc1CN. The second-order valence-corrected chi connectivity index (χ2v) is 4.17. The molecule has 0 amide bonds. The summed E-state index contributed by atoms with van der Waals surface area (Å²) in [4.78, 5) is 0. The summed E-state index contributed by atoms with van der Waals surface area (Å²) in [5, 5.41) is 0.976. The van der Waals surface area contributed by atoms with E-state index in [1.54, 1.807) is 0 Å². The Morgan fingerprint density at radius 2 is 2.13 bits per heavy atom. The second-order valence-electron chi connectivity index (χ2n) is 3.38. The molecule has 0 heterocycles. The number of hydrogen-bond donors (Lipinski definition) is 1. The van der Waals surface area contributed by atoms with Gasteiger partial charge in [-0.15, -0.1) is 0 Å². The Balaban J connectivity index is 2.66. The van der Waals surface area contributed by atoms with Crippen molar-refractivity contribution < 1.29 is 4.74 Å². The highest BCUT2D eigenvalue weighted by molar-refractivity contribution is 9.09. The second kappa shape index (κ2) is 6.85. The lowest BCUT2D eigenvalue weighted by Gasteiger charge is -2.10. The summed E-state index contributed by atoms with van der Waals surface area (Å²) >= 11 is 3.37. The molecule has 1 rings (SSSR count). The predicted octanol–water partition coefficient (Wildman–Crippen LogP) is 2.87. The molecule has 0 aliphatic rings. The molecule has 15 heavy (non-hydrogen) atoms. The molecule has 0 unspecified atom stereocenters. The van der Waals surface area contributed by atoms with Crippen molar-refractivity contribution >= 4 is 15.9 Å². The molecule has 3 heteroatoms. The maximum atomic E-state index is 5.69. The molecular weight excluding hydrogens is 254 g/mol. The maximum absolute atomic E-state index is 5.69. The number of rotatable bonds is 6. The van der Waals surface area contributed by atoms with E-state index in [1.807, 2.05) is 12.1 Å². The minimum absolute atomic E-state index is 0.582. The van der Waals surface area contributed by atoms with Crippen molar-refractivity contribution in [2.24, 2.45) is 5.73 Å². The van der Waals surface area contributed by atoms with E-state index >= 15 is 0 Å². The van der Waals surface area contributed by atoms with Crippen molar-refractivity contribution in [3.05, 3.63) is 29.3 Å². The van der Waals surface area contributed by atoms with Crippen molar-refractivity contribution in [1.29, 1.82) is 0 Å². The van der Waals surface area contributed by atoms with E-state index in [4.69, 9.17) is 10.5 Å². The van der Waals surface area contributed by atoms with Gasteiger partial charge in [0, 0.05) is 11.9 Å². The molecule has 0 fully saturated rings. The minimum Gasteiger partial charge on any atom is -0.494 e. The number of alkyl halides is 1. The van der Waals surface area contributed by atoms with Gasteiger partial charge in [-0.2, -0.15) is 0 Å². The average molecular weight is 272 g/mol. The normalized spacial score (nSPS) is 10.3. The molecule has 84 valence electrons. The molecule has 0 atom stereocenters. The van der Waals surface area contributed by atoms with E-state index < -0.39 is 0 Å². The van der Waals surface area contributed by atoms with Crippen molar-refractivity contribution in [2.45, 2.75) is 26.3 Å². The highest BCUT2D eigenvalue weighted by Gasteiger charge is 2.01. The lowest BCUT2D eigenvalue weighted by molar-refractivity contribution is 0.318. The summed E-state index contributed by atoms with van der Waals surface area (Å²) in [7, 11) is 0. The van der Waals surface area contributed by atoms with Crippen LogP contribution in [0.4, 0.5) is 0 Å². The number of aryl methyl sites for hydroxylation is 1. The highest BCUT2D eigenvalue weighted by atomic mass is 79.9. The van der Waals surface area contributed by atoms with Crippen LogP contribution in [0.3, 0.4) is 0 Å². The molecule has 0 radical (unpaired) electrons. The van der Waals surface area contributed by atoms with Gasteiger partial charge in [0.25, 0.3) is 0 Å². The number of nitrogens with two attached hydrogens (primary N) is 1. The average Bonchev–Trinajstić information content (AvgIpc) is 2.29. The number of ether oxygens (including phenoxy) is 1. The van der Waals surface area contributed by atoms with Crippen LogP contribution in [0.15, 0.2) is 18.2 Å². The van der Waals surface area contributed by atoms with Gasteiger partial charge >= 0.3 is 0 Å². The van der Waals surface area contributed by atoms with Crippen LogP contribution in [0.5, 0.6) is 5.75 Å². The molecule has 2 nitrogen and oxygen atoms in total. The molecule has 0 spiro atoms. The van der Waals surface area contributed by atoms with Crippen LogP contribution in [0.1, 0.15) is 24.5 Å². The standard InChI is InChI=1S/C12H18BrNO/c1-2-10-4-5-12(8-11(10)9-14)15-7-3-6-13/h4-5,8H,2-3,6-7,9,14H2,1H3. The van der Waals surface area contributed by atoms with Crippen molar-refractivity contribution in [2.75, 3.05) is 11.9 Å². The van der Waals surface area contributed by atoms with Crippen LogP contribution < -0.4 is 10.5 Å². The Morgan fingerprint density at radius 3 is 2.73 bits per heavy atom. The van der Waals surface area contributed by atoms with Gasteiger partial charge in [-0.05, 0) is 36.1 Å². The van der Waals surface area contributed by atoms with Gasteiger partial charge in [-0.25, -0.2) is 0 Å². The van der Waals surface area contributed by atoms with Crippen LogP contribution in [-0.4, -0.2) is 11.9 Å². The van der Waals surface area contributed by atoms with Crippen molar-refractivity contribution in [3.8, 4) is 5.75 Å². The van der Waals surface area contributed by atoms with E-state index in [0.717, 1.165) is 30.5 Å². The number of hydrogen-bond acceptors (Lipinski definition) is 2. The van der Waals surface area contributed by atoms with Gasteiger partial charge in [0.2, 0.25) is 0 Å². The summed E-state index contributed by atoms with van der Waals surface area (Å²) < 4.78 is 5.60. The zero-order valence-corrected chi connectivity index (χ0v) is 10.7. The Bertz CT molecular complexity index is 302. The van der Waals surface area contributed by atoms with Gasteiger partial charge < -0.3 is 10.5 Å². The third-order valence-electron chi connectivity index (χ3n) is 2.33. The summed E-state index contributed by atoms with van der Waals surface area (Å²) in [5.41, 5.74) is 8.19. The predicted molar refractivity (Wildman–Crippen MR) is 67.6 cm³/mol. The summed E-state index contributed by atoms with van der Waals surface area (Å²) in [6.07, 6.45) is 2.04. The van der Waals surface area contributed by atoms with Gasteiger partial charge in [-0.3, -0.25) is 0 Å². The first-order chi connectivity index (χ1) is 7.31. The Labute approximate surface area is 99.9 Å². The van der Waals surface area contributed by atoms with Crippen molar-refractivity contribution in [1.82, 2.24) is 0 Å². The van der Waals surface area contributed by atoms with Gasteiger partial charge in [0.05, 0.1) is 6.61 Å². The third kappa shape index (κ3) is 3.84. The monoisotopic (exact) mass is 271 g/mol. The first-order valence-electron chi connectivity index (χ1n) is 5.32. The fraction of sp³-hybridized carbons (Fsp3) is 0.500. The summed E-state index contributed by atoms with van der Waals surface area (Å²) in [6, 6.07) is 6.17. The van der Waals surface area contributed by atoms with E-state index in [2.05, 4.69) is 28.9 Å². The van der Waals surface area contributed by atoms with Crippen LogP contribution in [0.25, 0.3) is 0 Å². The molecule has 1 aromatic carbocycles. The zero-order valence-electron chi connectivity index (χ0n) is 9.13. The number of benzene rings is 1. The van der Waals surface area contributed by atoms with Gasteiger partial charge in [0.15, 0.2) is 0 Å². The van der Waals surface area contributed by atoms with Crippen LogP contribution in [0.2, 0.25) is 0 Å². The molecule has 1 aromatic rings. The molecule has 2 N–H and O–H groups in total. The first kappa shape index (κ1) is 12.5. The zero-order chi connectivity index (χ0) is 11.1. The van der Waals surface area contributed by atoms with Gasteiger partial charge in [-0.1, -0.05) is 28.9 Å². The van der Waals surface area contributed by atoms with E-state index in [0.29, 0.717) is 6.54 Å². The number of halogens is 1. The Kier molecular flexibility index (Phi) is 5.73. The Hall–Kier alpha value is -0.540. The lowest BCUT2D eigenvalue weighted by atomic mass is 10.1. The third-order valence-corrected chi connectivity index (χ3v) is 2.89. The quantitative estimate of drug-likeness (QED) is 0.638. The highest BCUT2D eigenvalue weighted by Crippen LogP contribution is 2.18. The molecule has 0 aliphatic heterocycles. The van der Waals surface area contributed by atoms with E-state index in [1.165, 1.54) is 11.1 Å². The van der Waals surface area contributed by atoms with E-state index in [-0.39, 0.29) is 0 Å². The first-order valence-corrected chi connectivity index (χ1v) is 6.44. The van der Waals surface area contributed by atoms with Crippen LogP contribution >= 0.6 is 15.9 Å². The molecule has 0 aromatic heterocycles. The molecule has 0 saturated heterocycles. The largest absolute Gasteiger partial charge is 0.494 e. The fourth-order valence-electron chi connectivity index (χ4n) is 1.47. The molecule has 0 aliphatic carbocycles. The van der Waals surface area contributed by atoms with Crippen molar-refractivity contribution in [3.63, 3.8) is 0 Å².